The van der Waals surface area contributed by atoms with Crippen molar-refractivity contribution in [2.45, 2.75) is 6.92 Å². The van der Waals surface area contributed by atoms with Gasteiger partial charge in [0.05, 0.1) is 7.11 Å². The first-order chi connectivity index (χ1) is 13.9. The Balaban J connectivity index is 1.66. The Bertz CT molecular complexity index is 982. The van der Waals surface area contributed by atoms with E-state index in [-0.39, 0.29) is 18.2 Å². The molecule has 150 valence electrons. The van der Waals surface area contributed by atoms with Gasteiger partial charge in [-0.15, -0.1) is 0 Å². The highest BCUT2D eigenvalue weighted by molar-refractivity contribution is 6.13. The van der Waals surface area contributed by atoms with E-state index in [0.29, 0.717) is 22.7 Å². The van der Waals surface area contributed by atoms with Gasteiger partial charge in [-0.05, 0) is 42.8 Å². The van der Waals surface area contributed by atoms with Crippen LogP contribution in [-0.2, 0) is 9.59 Å². The van der Waals surface area contributed by atoms with Crippen LogP contribution in [0.25, 0.3) is 6.08 Å². The van der Waals surface area contributed by atoms with Crippen LogP contribution in [0.3, 0.4) is 0 Å². The smallest absolute Gasteiger partial charge is 0.328 e. The topological polar surface area (TPSA) is 97.0 Å². The third-order valence-electron chi connectivity index (χ3n) is 4.27. The number of imide groups is 1. The van der Waals surface area contributed by atoms with Crippen molar-refractivity contribution in [2.75, 3.05) is 26.1 Å². The number of ether oxygens (including phenoxy) is 2. The van der Waals surface area contributed by atoms with Crippen molar-refractivity contribution in [3.05, 3.63) is 59.3 Å². The van der Waals surface area contributed by atoms with Gasteiger partial charge in [0.1, 0.15) is 5.70 Å². The summed E-state index contributed by atoms with van der Waals surface area (Å²) in [5.74, 6) is 0.0618. The highest BCUT2D eigenvalue weighted by Crippen LogP contribution is 2.29. The first kappa shape index (κ1) is 19.9. The van der Waals surface area contributed by atoms with Crippen LogP contribution >= 0.6 is 0 Å². The Morgan fingerprint density at radius 2 is 1.86 bits per heavy atom. The summed E-state index contributed by atoms with van der Waals surface area (Å²) in [4.78, 5) is 36.6. The zero-order chi connectivity index (χ0) is 21.0. The number of rotatable bonds is 6. The number of carbonyl (C=O) groups excluding carboxylic acids is 3. The van der Waals surface area contributed by atoms with Gasteiger partial charge < -0.3 is 20.1 Å². The molecular weight excluding hydrogens is 374 g/mol. The fraction of sp³-hybridized carbons (Fsp3) is 0.190. The number of amides is 4. The quantitative estimate of drug-likeness (QED) is 0.579. The molecule has 4 amide bonds. The molecule has 2 aromatic rings. The lowest BCUT2D eigenvalue weighted by atomic mass is 10.1. The van der Waals surface area contributed by atoms with Crippen molar-refractivity contribution in [2.24, 2.45) is 0 Å². The van der Waals surface area contributed by atoms with Gasteiger partial charge in [0, 0.05) is 12.7 Å². The van der Waals surface area contributed by atoms with Crippen LogP contribution in [0.5, 0.6) is 11.5 Å². The van der Waals surface area contributed by atoms with E-state index in [1.54, 1.807) is 24.3 Å². The number of nitrogens with zero attached hydrogens (tertiary/aromatic N) is 1. The Morgan fingerprint density at radius 1 is 1.14 bits per heavy atom. The van der Waals surface area contributed by atoms with Crippen LogP contribution in [-0.4, -0.2) is 43.5 Å². The summed E-state index contributed by atoms with van der Waals surface area (Å²) in [5, 5.41) is 5.25. The van der Waals surface area contributed by atoms with Crippen LogP contribution in [0.15, 0.2) is 48.2 Å². The minimum atomic E-state index is -0.479. The van der Waals surface area contributed by atoms with Gasteiger partial charge in [-0.2, -0.15) is 0 Å². The molecule has 0 saturated carbocycles. The molecule has 1 aliphatic heterocycles. The van der Waals surface area contributed by atoms with Crippen molar-refractivity contribution in [1.29, 1.82) is 0 Å². The summed E-state index contributed by atoms with van der Waals surface area (Å²) in [7, 11) is 2.87. The Kier molecular flexibility index (Phi) is 5.82. The summed E-state index contributed by atoms with van der Waals surface area (Å²) in [6.07, 6.45) is 1.54. The number of likely N-dealkylation sites (N-methyl/N-ethyl adjacent to an activating group) is 1. The fourth-order valence-electron chi connectivity index (χ4n) is 2.66. The minimum absolute atomic E-state index is 0.172. The second-order valence-electron chi connectivity index (χ2n) is 6.47. The largest absolute Gasteiger partial charge is 0.493 e. The lowest BCUT2D eigenvalue weighted by molar-refractivity contribution is -0.122. The number of urea groups is 1. The Labute approximate surface area is 168 Å². The van der Waals surface area contributed by atoms with Crippen molar-refractivity contribution in [3.63, 3.8) is 0 Å². The molecule has 0 bridgehead atoms. The van der Waals surface area contributed by atoms with E-state index in [4.69, 9.17) is 9.47 Å². The highest BCUT2D eigenvalue weighted by atomic mass is 16.5. The number of anilines is 1. The average Bonchev–Trinajstić information content (AvgIpc) is 2.95. The van der Waals surface area contributed by atoms with Gasteiger partial charge in [0.25, 0.3) is 11.8 Å². The number of benzene rings is 2. The third-order valence-corrected chi connectivity index (χ3v) is 4.27. The molecule has 2 aromatic carbocycles. The average molecular weight is 395 g/mol. The number of nitrogens with one attached hydrogen (secondary N) is 2. The second kappa shape index (κ2) is 8.47. The molecule has 1 fully saturated rings. The number of aryl methyl sites for hydroxylation is 1. The zero-order valence-electron chi connectivity index (χ0n) is 16.3. The molecule has 1 saturated heterocycles. The molecule has 1 aliphatic rings. The van der Waals surface area contributed by atoms with Crippen molar-refractivity contribution < 1.29 is 23.9 Å². The number of hydrogen-bond donors (Lipinski definition) is 2. The lowest BCUT2D eigenvalue weighted by Crippen LogP contribution is -2.25. The van der Waals surface area contributed by atoms with E-state index in [9.17, 15) is 14.4 Å². The zero-order valence-corrected chi connectivity index (χ0v) is 16.3. The van der Waals surface area contributed by atoms with E-state index in [1.807, 2.05) is 31.2 Å². The van der Waals surface area contributed by atoms with Crippen LogP contribution in [0, 0.1) is 6.92 Å². The standard InChI is InChI=1S/C21H21N3O5/c1-13-4-7-15(8-5-13)22-19(25)12-29-17-9-6-14(11-18(17)28-3)10-16-20(26)24(2)21(27)23-16/h4-11H,12H2,1-3H3,(H,22,25)(H,23,27)/b16-10+. The first-order valence-electron chi connectivity index (χ1n) is 8.85. The molecule has 0 aromatic heterocycles. The van der Waals surface area contributed by atoms with E-state index in [0.717, 1.165) is 10.5 Å². The van der Waals surface area contributed by atoms with Crippen molar-refractivity contribution in [1.82, 2.24) is 10.2 Å². The summed E-state index contributed by atoms with van der Waals surface area (Å²) in [5.41, 5.74) is 2.60. The predicted molar refractivity (Wildman–Crippen MR) is 108 cm³/mol. The van der Waals surface area contributed by atoms with E-state index in [1.165, 1.54) is 14.2 Å². The molecule has 1 heterocycles. The molecule has 8 nitrogen and oxygen atoms in total. The van der Waals surface area contributed by atoms with Crippen LogP contribution < -0.4 is 20.1 Å². The Morgan fingerprint density at radius 3 is 2.48 bits per heavy atom. The maximum atomic E-state index is 12.1. The van der Waals surface area contributed by atoms with Crippen LogP contribution in [0.1, 0.15) is 11.1 Å². The third kappa shape index (κ3) is 4.73. The lowest BCUT2D eigenvalue weighted by Gasteiger charge is -2.12. The summed E-state index contributed by atoms with van der Waals surface area (Å²) >= 11 is 0. The highest BCUT2D eigenvalue weighted by Gasteiger charge is 2.29. The summed E-state index contributed by atoms with van der Waals surface area (Å²) < 4.78 is 10.9. The number of methoxy groups -OCH3 is 1. The molecule has 29 heavy (non-hydrogen) atoms. The van der Waals surface area contributed by atoms with Gasteiger partial charge in [0.15, 0.2) is 18.1 Å². The van der Waals surface area contributed by atoms with Gasteiger partial charge in [0.2, 0.25) is 0 Å². The molecule has 8 heteroatoms. The monoisotopic (exact) mass is 395 g/mol. The van der Waals surface area contributed by atoms with Gasteiger partial charge in [-0.25, -0.2) is 4.79 Å². The molecule has 0 spiro atoms. The first-order valence-corrected chi connectivity index (χ1v) is 8.85. The molecule has 0 atom stereocenters. The molecule has 2 N–H and O–H groups in total. The van der Waals surface area contributed by atoms with E-state index in [2.05, 4.69) is 10.6 Å². The Hall–Kier alpha value is -3.81. The molecular formula is C21H21N3O5. The molecule has 0 aliphatic carbocycles. The van der Waals surface area contributed by atoms with Gasteiger partial charge in [-0.3, -0.25) is 14.5 Å². The summed E-state index contributed by atoms with van der Waals surface area (Å²) in [6.45, 7) is 1.78. The van der Waals surface area contributed by atoms with Crippen molar-refractivity contribution in [3.8, 4) is 11.5 Å². The van der Waals surface area contributed by atoms with Gasteiger partial charge >= 0.3 is 6.03 Å². The maximum absolute atomic E-state index is 12.1. The number of hydrogen-bond acceptors (Lipinski definition) is 5. The van der Waals surface area contributed by atoms with Crippen LogP contribution in [0.4, 0.5) is 10.5 Å². The summed E-state index contributed by atoms with van der Waals surface area (Å²) in [6, 6.07) is 11.9. The minimum Gasteiger partial charge on any atom is -0.493 e. The molecule has 0 radical (unpaired) electrons. The molecule has 0 unspecified atom stereocenters. The van der Waals surface area contributed by atoms with E-state index < -0.39 is 11.9 Å². The number of carbonyl (C=O) groups is 3. The van der Waals surface area contributed by atoms with E-state index >= 15 is 0 Å². The maximum Gasteiger partial charge on any atom is 0.328 e. The van der Waals surface area contributed by atoms with Crippen molar-refractivity contribution >= 4 is 29.6 Å². The fourth-order valence-corrected chi connectivity index (χ4v) is 2.66. The molecule has 3 rings (SSSR count). The van der Waals surface area contributed by atoms with Gasteiger partial charge in [-0.1, -0.05) is 23.8 Å². The predicted octanol–water partition coefficient (Wildman–Crippen LogP) is 2.54. The normalized spacial score (nSPS) is 14.7. The SMILES string of the molecule is COc1cc(/C=C2/NC(=O)N(C)C2=O)ccc1OCC(=O)Nc1ccc(C)cc1. The van der Waals surface area contributed by atoms with Crippen LogP contribution in [0.2, 0.25) is 0 Å². The second-order valence-corrected chi connectivity index (χ2v) is 6.47.